The van der Waals surface area contributed by atoms with E-state index in [1.807, 2.05) is 17.5 Å². The Balaban J connectivity index is 1.51. The van der Waals surface area contributed by atoms with E-state index in [-0.39, 0.29) is 5.56 Å². The van der Waals surface area contributed by atoms with Crippen molar-refractivity contribution in [2.75, 3.05) is 0 Å². The maximum Gasteiger partial charge on any atom is 0.258 e. The van der Waals surface area contributed by atoms with Gasteiger partial charge in [-0.2, -0.15) is 0 Å². The number of hydrogen-bond donors (Lipinski definition) is 0. The lowest BCUT2D eigenvalue weighted by Crippen LogP contribution is -2.12. The molecule has 0 aliphatic rings. The van der Waals surface area contributed by atoms with Crippen molar-refractivity contribution in [3.8, 4) is 0 Å². The van der Waals surface area contributed by atoms with Crippen LogP contribution in [0.25, 0.3) is 27.0 Å². The molecule has 5 rings (SSSR count). The number of rotatable bonds is 5. The van der Waals surface area contributed by atoms with Gasteiger partial charge in [0.15, 0.2) is 10.6 Å². The number of aromatic nitrogens is 6. The van der Waals surface area contributed by atoms with Gasteiger partial charge in [0.2, 0.25) is 5.16 Å². The van der Waals surface area contributed by atoms with Gasteiger partial charge in [-0.15, -0.1) is 21.5 Å². The molecule has 140 valence electrons. The molecule has 1 aromatic carbocycles. The summed E-state index contributed by atoms with van der Waals surface area (Å²) in [6.07, 6.45) is 2.74. The lowest BCUT2D eigenvalue weighted by molar-refractivity contribution is 0.709. The second-order valence-corrected chi connectivity index (χ2v) is 8.18. The third kappa shape index (κ3) is 2.87. The minimum absolute atomic E-state index is 0.0700. The highest BCUT2D eigenvalue weighted by molar-refractivity contribution is 7.98. The molecule has 0 aliphatic carbocycles. The summed E-state index contributed by atoms with van der Waals surface area (Å²) in [5.74, 6) is 0.519. The summed E-state index contributed by atoms with van der Waals surface area (Å²) in [6, 6.07) is 9.75. The van der Waals surface area contributed by atoms with Crippen LogP contribution >= 0.6 is 23.1 Å². The molecule has 0 atom stereocenters. The normalized spacial score (nSPS) is 11.8. The predicted molar refractivity (Wildman–Crippen MR) is 112 cm³/mol. The van der Waals surface area contributed by atoms with E-state index in [0.717, 1.165) is 40.7 Å². The van der Waals surface area contributed by atoms with Gasteiger partial charge >= 0.3 is 0 Å². The third-order valence-corrected chi connectivity index (χ3v) is 6.13. The van der Waals surface area contributed by atoms with Crippen LogP contribution in [0.15, 0.2) is 51.9 Å². The Morgan fingerprint density at radius 1 is 1.18 bits per heavy atom. The van der Waals surface area contributed by atoms with Crippen molar-refractivity contribution >= 4 is 50.1 Å². The molecule has 0 saturated carbocycles. The van der Waals surface area contributed by atoms with Crippen molar-refractivity contribution in [2.24, 2.45) is 0 Å². The van der Waals surface area contributed by atoms with Gasteiger partial charge in [-0.1, -0.05) is 36.9 Å². The maximum absolute atomic E-state index is 12.1. The number of hydrogen-bond acceptors (Lipinski definition) is 7. The first-order chi connectivity index (χ1) is 13.7. The number of fused-ring (bicyclic) bond motifs is 4. The van der Waals surface area contributed by atoms with Crippen molar-refractivity contribution in [2.45, 2.75) is 30.8 Å². The zero-order valence-corrected chi connectivity index (χ0v) is 16.7. The number of benzene rings is 1. The van der Waals surface area contributed by atoms with Crippen LogP contribution in [0.3, 0.4) is 0 Å². The Morgan fingerprint density at radius 2 is 2.07 bits per heavy atom. The molecule has 4 aromatic heterocycles. The zero-order valence-electron chi connectivity index (χ0n) is 15.1. The number of aryl methyl sites for hydroxylation is 1. The van der Waals surface area contributed by atoms with E-state index in [2.05, 4.69) is 38.8 Å². The summed E-state index contributed by atoms with van der Waals surface area (Å²) in [5, 5.41) is 12.3. The molecular formula is C19H16N6OS2. The van der Waals surface area contributed by atoms with Crippen LogP contribution in [0, 0.1) is 0 Å². The van der Waals surface area contributed by atoms with Gasteiger partial charge in [-0.3, -0.25) is 9.20 Å². The highest BCUT2D eigenvalue weighted by Gasteiger charge is 2.14. The second-order valence-electron chi connectivity index (χ2n) is 6.37. The fraction of sp³-hybridized carbons (Fsp3) is 0.211. The first-order valence-electron chi connectivity index (χ1n) is 8.95. The Morgan fingerprint density at radius 3 is 2.96 bits per heavy atom. The minimum Gasteiger partial charge on any atom is -0.324 e. The average Bonchev–Trinajstić information content (AvgIpc) is 3.30. The van der Waals surface area contributed by atoms with Crippen LogP contribution in [0.2, 0.25) is 0 Å². The van der Waals surface area contributed by atoms with Crippen LogP contribution in [0.1, 0.15) is 19.0 Å². The summed E-state index contributed by atoms with van der Waals surface area (Å²) in [4.78, 5) is 22.1. The highest BCUT2D eigenvalue weighted by Crippen LogP contribution is 2.28. The molecular weight excluding hydrogens is 392 g/mol. The van der Waals surface area contributed by atoms with E-state index in [0.29, 0.717) is 15.9 Å². The van der Waals surface area contributed by atoms with Gasteiger partial charge in [0.1, 0.15) is 5.52 Å². The fourth-order valence-electron chi connectivity index (χ4n) is 3.30. The lowest BCUT2D eigenvalue weighted by Gasteiger charge is -2.04. The van der Waals surface area contributed by atoms with Gasteiger partial charge < -0.3 is 4.57 Å². The number of para-hydroxylation sites is 1. The van der Waals surface area contributed by atoms with E-state index in [1.54, 1.807) is 16.7 Å². The van der Waals surface area contributed by atoms with Crippen molar-refractivity contribution in [3.05, 3.63) is 58.0 Å². The van der Waals surface area contributed by atoms with Gasteiger partial charge in [0.25, 0.3) is 5.56 Å². The van der Waals surface area contributed by atoms with E-state index < -0.39 is 0 Å². The second kappa shape index (κ2) is 6.99. The van der Waals surface area contributed by atoms with E-state index in [1.165, 1.54) is 23.1 Å². The van der Waals surface area contributed by atoms with Crippen LogP contribution in [-0.4, -0.2) is 29.1 Å². The van der Waals surface area contributed by atoms with Gasteiger partial charge in [0, 0.05) is 35.3 Å². The molecule has 9 heteroatoms. The van der Waals surface area contributed by atoms with Gasteiger partial charge in [-0.05, 0) is 12.5 Å². The van der Waals surface area contributed by atoms with Crippen molar-refractivity contribution in [1.82, 2.24) is 29.1 Å². The SMILES string of the molecule is CCCn1c2ccccc2c2nnc(SCc3cc(=O)n4ccsc4n3)nc21. The van der Waals surface area contributed by atoms with Crippen LogP contribution in [0.4, 0.5) is 0 Å². The van der Waals surface area contributed by atoms with Gasteiger partial charge in [-0.25, -0.2) is 9.97 Å². The van der Waals surface area contributed by atoms with E-state index in [4.69, 9.17) is 4.98 Å². The Labute approximate surface area is 168 Å². The molecule has 4 heterocycles. The van der Waals surface area contributed by atoms with Crippen LogP contribution < -0.4 is 5.56 Å². The summed E-state index contributed by atoms with van der Waals surface area (Å²) in [7, 11) is 0. The molecule has 0 bridgehead atoms. The largest absolute Gasteiger partial charge is 0.324 e. The molecule has 0 radical (unpaired) electrons. The predicted octanol–water partition coefficient (Wildman–Crippen LogP) is 3.75. The Hall–Kier alpha value is -2.78. The third-order valence-electron chi connectivity index (χ3n) is 4.51. The minimum atomic E-state index is -0.0700. The number of thioether (sulfide) groups is 1. The summed E-state index contributed by atoms with van der Waals surface area (Å²) in [6.45, 7) is 3.02. The first kappa shape index (κ1) is 17.3. The topological polar surface area (TPSA) is 78.0 Å². The molecule has 0 fully saturated rings. The fourth-order valence-corrected chi connectivity index (χ4v) is 4.71. The quantitative estimate of drug-likeness (QED) is 0.412. The summed E-state index contributed by atoms with van der Waals surface area (Å²) >= 11 is 2.89. The maximum atomic E-state index is 12.1. The Bertz CT molecular complexity index is 1370. The zero-order chi connectivity index (χ0) is 19.1. The molecule has 0 aliphatic heterocycles. The monoisotopic (exact) mass is 408 g/mol. The first-order valence-corrected chi connectivity index (χ1v) is 10.8. The lowest BCUT2D eigenvalue weighted by atomic mass is 10.2. The average molecular weight is 409 g/mol. The van der Waals surface area contributed by atoms with Crippen molar-refractivity contribution in [3.63, 3.8) is 0 Å². The molecule has 0 unspecified atom stereocenters. The smallest absolute Gasteiger partial charge is 0.258 e. The van der Waals surface area contributed by atoms with Gasteiger partial charge in [0.05, 0.1) is 11.2 Å². The van der Waals surface area contributed by atoms with E-state index in [9.17, 15) is 4.79 Å². The molecule has 5 aromatic rings. The number of nitrogens with zero attached hydrogens (tertiary/aromatic N) is 6. The molecule has 0 spiro atoms. The van der Waals surface area contributed by atoms with Crippen molar-refractivity contribution in [1.29, 1.82) is 0 Å². The van der Waals surface area contributed by atoms with Crippen molar-refractivity contribution < 1.29 is 0 Å². The highest BCUT2D eigenvalue weighted by atomic mass is 32.2. The Kier molecular flexibility index (Phi) is 4.33. The summed E-state index contributed by atoms with van der Waals surface area (Å²) in [5.41, 5.74) is 3.45. The van der Waals surface area contributed by atoms with Crippen LogP contribution in [-0.2, 0) is 12.3 Å². The molecule has 0 N–H and O–H groups in total. The standard InChI is InChI=1S/C19H16N6OS2/c1-2-7-24-14-6-4-3-5-13(14)16-17(24)21-18(23-22-16)28-11-12-10-15(26)25-8-9-27-19(25)20-12/h3-6,8-10H,2,7,11H2,1H3. The summed E-state index contributed by atoms with van der Waals surface area (Å²) < 4.78 is 3.75. The number of thiazole rings is 1. The van der Waals surface area contributed by atoms with E-state index >= 15 is 0 Å². The molecule has 0 amide bonds. The van der Waals surface area contributed by atoms with Crippen LogP contribution in [0.5, 0.6) is 0 Å². The molecule has 7 nitrogen and oxygen atoms in total. The molecule has 28 heavy (non-hydrogen) atoms. The molecule has 0 saturated heterocycles.